The molecule has 34 heavy (non-hydrogen) atoms. The summed E-state index contributed by atoms with van der Waals surface area (Å²) in [6.45, 7) is 2.17. The second-order valence-electron chi connectivity index (χ2n) is 8.98. The summed E-state index contributed by atoms with van der Waals surface area (Å²) in [6.07, 6.45) is 0.812. The molecule has 3 heterocycles. The molecule has 1 saturated heterocycles. The van der Waals surface area contributed by atoms with Gasteiger partial charge in [-0.1, -0.05) is 17.7 Å². The van der Waals surface area contributed by atoms with Crippen molar-refractivity contribution in [3.8, 4) is 0 Å². The smallest absolute Gasteiger partial charge is 0.411 e. The van der Waals surface area contributed by atoms with E-state index in [-0.39, 0.29) is 24.4 Å². The summed E-state index contributed by atoms with van der Waals surface area (Å²) < 4.78 is 5.61. The molecule has 4 rings (SSSR count). The number of likely N-dealkylation sites (tertiary alicyclic amines) is 1. The summed E-state index contributed by atoms with van der Waals surface area (Å²) in [4.78, 5) is 44.1. The number of thiophene rings is 1. The molecular formula is C24H29ClN4O4S. The number of halogens is 1. The number of hydrogen-bond donors (Lipinski definition) is 1. The van der Waals surface area contributed by atoms with Crippen LogP contribution in [0.2, 0.25) is 5.02 Å². The van der Waals surface area contributed by atoms with Gasteiger partial charge in [0.1, 0.15) is 4.88 Å². The summed E-state index contributed by atoms with van der Waals surface area (Å²) in [7, 11) is 5.28. The van der Waals surface area contributed by atoms with Crippen molar-refractivity contribution in [1.82, 2.24) is 20.0 Å². The number of fused-ring (bicyclic) bond motifs is 1. The summed E-state index contributed by atoms with van der Waals surface area (Å²) in [5.74, 6) is -0.519. The second-order valence-corrected chi connectivity index (χ2v) is 10.3. The third-order valence-corrected chi connectivity index (χ3v) is 7.59. The van der Waals surface area contributed by atoms with E-state index in [2.05, 4.69) is 17.3 Å². The Morgan fingerprint density at radius 2 is 1.88 bits per heavy atom. The van der Waals surface area contributed by atoms with Gasteiger partial charge >= 0.3 is 6.09 Å². The first-order chi connectivity index (χ1) is 16.2. The highest BCUT2D eigenvalue weighted by Gasteiger charge is 2.39. The van der Waals surface area contributed by atoms with Crippen molar-refractivity contribution in [3.63, 3.8) is 0 Å². The van der Waals surface area contributed by atoms with Crippen molar-refractivity contribution < 1.29 is 19.1 Å². The number of hydrogen-bond acceptors (Lipinski definition) is 6. The molecule has 10 heteroatoms. The average Bonchev–Trinajstić information content (AvgIpc) is 3.36. The molecule has 2 aromatic rings. The Morgan fingerprint density at radius 1 is 1.15 bits per heavy atom. The van der Waals surface area contributed by atoms with Crippen LogP contribution in [0.15, 0.2) is 29.6 Å². The molecule has 182 valence electrons. The van der Waals surface area contributed by atoms with E-state index in [4.69, 9.17) is 16.3 Å². The predicted molar refractivity (Wildman–Crippen MR) is 132 cm³/mol. The predicted octanol–water partition coefficient (Wildman–Crippen LogP) is 3.10. The quantitative estimate of drug-likeness (QED) is 0.692. The fraction of sp³-hybridized carbons (Fsp3) is 0.458. The normalized spacial score (nSPS) is 20.4. The van der Waals surface area contributed by atoms with Crippen LogP contribution in [-0.2, 0) is 17.6 Å². The molecule has 0 spiro atoms. The Bertz CT molecular complexity index is 1090. The van der Waals surface area contributed by atoms with Crippen molar-refractivity contribution in [1.29, 1.82) is 0 Å². The standard InChI is InChI=1S/C24H29ClN4O4S/c1-27(2)24(32)33-20-13-18(26-22(30)21-19(25)8-11-34-21)14-29(20)23(31)17-5-4-15-6-9-28(3)10-7-16(15)12-17/h4-5,8,11-12,18,20H,6-7,9-10,13-14H2,1-3H3,(H,26,30)/t18-,20+/m1/s1. The van der Waals surface area contributed by atoms with E-state index in [1.54, 1.807) is 25.5 Å². The largest absolute Gasteiger partial charge is 0.425 e. The van der Waals surface area contributed by atoms with Crippen molar-refractivity contribution >= 4 is 40.8 Å². The molecule has 2 aliphatic rings. The monoisotopic (exact) mass is 504 g/mol. The van der Waals surface area contributed by atoms with Crippen molar-refractivity contribution in [2.45, 2.75) is 31.5 Å². The summed E-state index contributed by atoms with van der Waals surface area (Å²) >= 11 is 7.35. The highest BCUT2D eigenvalue weighted by molar-refractivity contribution is 7.12. The third kappa shape index (κ3) is 5.37. The van der Waals surface area contributed by atoms with Crippen LogP contribution in [0.3, 0.4) is 0 Å². The van der Waals surface area contributed by atoms with Crippen LogP contribution in [0.4, 0.5) is 4.79 Å². The van der Waals surface area contributed by atoms with Crippen molar-refractivity contribution in [2.75, 3.05) is 40.8 Å². The summed E-state index contributed by atoms with van der Waals surface area (Å²) in [5, 5.41) is 5.07. The minimum absolute atomic E-state index is 0.220. The van der Waals surface area contributed by atoms with Gasteiger partial charge in [0.05, 0.1) is 11.1 Å². The maximum atomic E-state index is 13.5. The van der Waals surface area contributed by atoms with Crippen LogP contribution in [0.1, 0.15) is 37.6 Å². The SMILES string of the molecule is CN1CCc2ccc(C(=O)N3C[C@H](NC(=O)c4sccc4Cl)C[C@@H]3OC(=O)N(C)C)cc2CC1. The number of carbonyl (C=O) groups is 3. The first kappa shape index (κ1) is 24.5. The van der Waals surface area contributed by atoms with Gasteiger partial charge in [0.25, 0.3) is 11.8 Å². The van der Waals surface area contributed by atoms with Crippen LogP contribution < -0.4 is 5.32 Å². The van der Waals surface area contributed by atoms with Gasteiger partial charge in [-0.2, -0.15) is 0 Å². The third-order valence-electron chi connectivity index (χ3n) is 6.25. The number of nitrogens with one attached hydrogen (secondary N) is 1. The molecule has 0 radical (unpaired) electrons. The topological polar surface area (TPSA) is 82.2 Å². The van der Waals surface area contributed by atoms with Crippen molar-refractivity contribution in [3.05, 3.63) is 56.2 Å². The minimum atomic E-state index is -0.781. The molecule has 1 N–H and O–H groups in total. The number of carbonyl (C=O) groups excluding carboxylic acids is 3. The summed E-state index contributed by atoms with van der Waals surface area (Å²) in [6, 6.07) is 7.12. The molecule has 1 aromatic heterocycles. The maximum Gasteiger partial charge on any atom is 0.411 e. The fourth-order valence-corrected chi connectivity index (χ4v) is 5.34. The van der Waals surface area contributed by atoms with Crippen LogP contribution in [-0.4, -0.2) is 85.7 Å². The molecule has 0 aliphatic carbocycles. The lowest BCUT2D eigenvalue weighted by molar-refractivity contribution is 0.00453. The number of rotatable bonds is 4. The fourth-order valence-electron chi connectivity index (χ4n) is 4.29. The van der Waals surface area contributed by atoms with Crippen LogP contribution in [0.5, 0.6) is 0 Å². The van der Waals surface area contributed by atoms with Gasteiger partial charge in [-0.25, -0.2) is 4.79 Å². The zero-order valence-corrected chi connectivity index (χ0v) is 21.1. The number of amides is 3. The first-order valence-electron chi connectivity index (χ1n) is 11.3. The van der Waals surface area contributed by atoms with E-state index >= 15 is 0 Å². The molecule has 8 nitrogen and oxygen atoms in total. The minimum Gasteiger partial charge on any atom is -0.425 e. The van der Waals surface area contributed by atoms with Gasteiger partial charge in [-0.05, 0) is 54.6 Å². The Kier molecular flexibility index (Phi) is 7.45. The summed E-state index contributed by atoms with van der Waals surface area (Å²) in [5.41, 5.74) is 2.99. The number of ether oxygens (including phenoxy) is 1. The van der Waals surface area contributed by atoms with Gasteiger partial charge in [0, 0.05) is 45.7 Å². The molecule has 2 aliphatic heterocycles. The zero-order valence-electron chi connectivity index (χ0n) is 19.5. The first-order valence-corrected chi connectivity index (χ1v) is 12.5. The average molecular weight is 505 g/mol. The molecule has 0 unspecified atom stereocenters. The van der Waals surface area contributed by atoms with Gasteiger partial charge in [0.2, 0.25) is 0 Å². The number of likely N-dealkylation sites (N-methyl/N-ethyl adjacent to an activating group) is 1. The van der Waals surface area contributed by atoms with E-state index < -0.39 is 12.3 Å². The number of nitrogens with zero attached hydrogens (tertiary/aromatic N) is 3. The Balaban J connectivity index is 1.53. The molecule has 0 saturated carbocycles. The number of benzene rings is 1. The molecule has 1 aromatic carbocycles. The van der Waals surface area contributed by atoms with Gasteiger partial charge in [-0.3, -0.25) is 9.59 Å². The molecule has 0 bridgehead atoms. The highest BCUT2D eigenvalue weighted by Crippen LogP contribution is 2.26. The lowest BCUT2D eigenvalue weighted by Gasteiger charge is -2.26. The highest BCUT2D eigenvalue weighted by atomic mass is 35.5. The van der Waals surface area contributed by atoms with E-state index in [1.165, 1.54) is 32.3 Å². The Morgan fingerprint density at radius 3 is 2.56 bits per heavy atom. The van der Waals surface area contributed by atoms with Gasteiger partial charge in [0.15, 0.2) is 6.23 Å². The van der Waals surface area contributed by atoms with Crippen molar-refractivity contribution in [2.24, 2.45) is 0 Å². The molecular weight excluding hydrogens is 476 g/mol. The lowest BCUT2D eigenvalue weighted by Crippen LogP contribution is -2.41. The molecule has 2 atom stereocenters. The Labute approximate surface area is 208 Å². The van der Waals surface area contributed by atoms with E-state index in [9.17, 15) is 14.4 Å². The van der Waals surface area contributed by atoms with E-state index in [1.807, 2.05) is 18.2 Å². The maximum absolute atomic E-state index is 13.5. The molecule has 3 amide bonds. The van der Waals surface area contributed by atoms with Crippen LogP contribution >= 0.6 is 22.9 Å². The van der Waals surface area contributed by atoms with E-state index in [0.717, 1.165) is 25.9 Å². The second kappa shape index (κ2) is 10.3. The van der Waals surface area contributed by atoms with E-state index in [0.29, 0.717) is 21.9 Å². The Hall–Kier alpha value is -2.62. The molecule has 1 fully saturated rings. The lowest BCUT2D eigenvalue weighted by atomic mass is 9.99. The zero-order chi connectivity index (χ0) is 24.4. The van der Waals surface area contributed by atoms with Gasteiger partial charge in [-0.15, -0.1) is 11.3 Å². The van der Waals surface area contributed by atoms with Crippen LogP contribution in [0.25, 0.3) is 0 Å². The van der Waals surface area contributed by atoms with Crippen LogP contribution in [0, 0.1) is 0 Å². The van der Waals surface area contributed by atoms with Gasteiger partial charge < -0.3 is 24.8 Å².